The molecule has 0 unspecified atom stereocenters. The van der Waals surface area contributed by atoms with Gasteiger partial charge in [-0.25, -0.2) is 0 Å². The molecule has 6 nitrogen and oxygen atoms in total. The standard InChI is InChI=1S/C11H9ClN2O4/c12-9-2-1-8(14(17)18)5-7(9)6-13-10(15)3-4-11(13)16/h1-2,5H,3-4,6H2. The summed E-state index contributed by atoms with van der Waals surface area (Å²) in [7, 11) is 0. The van der Waals surface area contributed by atoms with Crippen LogP contribution in [0.15, 0.2) is 18.2 Å². The minimum atomic E-state index is -0.548. The van der Waals surface area contributed by atoms with E-state index < -0.39 is 4.92 Å². The van der Waals surface area contributed by atoms with Gasteiger partial charge >= 0.3 is 0 Å². The fourth-order valence-corrected chi connectivity index (χ4v) is 1.94. The van der Waals surface area contributed by atoms with Crippen LogP contribution in [-0.4, -0.2) is 21.6 Å². The van der Waals surface area contributed by atoms with E-state index in [9.17, 15) is 19.7 Å². The molecule has 2 rings (SSSR count). The van der Waals surface area contributed by atoms with Gasteiger partial charge in [-0.15, -0.1) is 0 Å². The van der Waals surface area contributed by atoms with Crippen molar-refractivity contribution in [2.75, 3.05) is 0 Å². The quantitative estimate of drug-likeness (QED) is 0.476. The average molecular weight is 269 g/mol. The molecule has 18 heavy (non-hydrogen) atoms. The second-order valence-corrected chi connectivity index (χ2v) is 4.31. The summed E-state index contributed by atoms with van der Waals surface area (Å²) in [5, 5.41) is 10.9. The minimum absolute atomic E-state index is 0.0157. The van der Waals surface area contributed by atoms with Crippen molar-refractivity contribution in [3.05, 3.63) is 38.9 Å². The molecule has 0 aromatic heterocycles. The fourth-order valence-electron chi connectivity index (χ4n) is 1.77. The molecule has 1 fully saturated rings. The minimum Gasteiger partial charge on any atom is -0.278 e. The van der Waals surface area contributed by atoms with Crippen LogP contribution in [0.4, 0.5) is 5.69 Å². The smallest absolute Gasteiger partial charge is 0.269 e. The molecule has 0 radical (unpaired) electrons. The van der Waals surface area contributed by atoms with E-state index in [1.165, 1.54) is 18.2 Å². The molecule has 0 aliphatic carbocycles. The predicted molar refractivity (Wildman–Crippen MR) is 62.9 cm³/mol. The van der Waals surface area contributed by atoms with E-state index in [4.69, 9.17) is 11.6 Å². The van der Waals surface area contributed by atoms with Crippen LogP contribution in [0.2, 0.25) is 5.02 Å². The molecular weight excluding hydrogens is 260 g/mol. The van der Waals surface area contributed by atoms with Crippen molar-refractivity contribution in [3.63, 3.8) is 0 Å². The molecule has 1 aromatic carbocycles. The van der Waals surface area contributed by atoms with Crippen LogP contribution >= 0.6 is 11.6 Å². The number of nitrogens with zero attached hydrogens (tertiary/aromatic N) is 2. The first kappa shape index (κ1) is 12.5. The highest BCUT2D eigenvalue weighted by atomic mass is 35.5. The van der Waals surface area contributed by atoms with Crippen LogP contribution in [0.25, 0.3) is 0 Å². The van der Waals surface area contributed by atoms with Crippen molar-refractivity contribution in [1.29, 1.82) is 0 Å². The highest BCUT2D eigenvalue weighted by Gasteiger charge is 2.29. The van der Waals surface area contributed by atoms with Crippen LogP contribution in [0.1, 0.15) is 18.4 Å². The van der Waals surface area contributed by atoms with Crippen molar-refractivity contribution >= 4 is 29.1 Å². The van der Waals surface area contributed by atoms with E-state index in [2.05, 4.69) is 0 Å². The third kappa shape index (κ3) is 2.33. The number of benzene rings is 1. The van der Waals surface area contributed by atoms with Gasteiger partial charge in [0.05, 0.1) is 11.5 Å². The zero-order valence-corrected chi connectivity index (χ0v) is 10.0. The summed E-state index contributed by atoms with van der Waals surface area (Å²) >= 11 is 5.90. The van der Waals surface area contributed by atoms with Crippen LogP contribution < -0.4 is 0 Å². The van der Waals surface area contributed by atoms with Crippen molar-refractivity contribution in [3.8, 4) is 0 Å². The third-order valence-corrected chi connectivity index (χ3v) is 3.09. The van der Waals surface area contributed by atoms with Gasteiger partial charge in [0.15, 0.2) is 0 Å². The SMILES string of the molecule is O=C1CCC(=O)N1Cc1cc([N+](=O)[O-])ccc1Cl. The molecule has 0 saturated carbocycles. The fraction of sp³-hybridized carbons (Fsp3) is 0.273. The van der Waals surface area contributed by atoms with Crippen LogP contribution in [-0.2, 0) is 16.1 Å². The monoisotopic (exact) mass is 268 g/mol. The van der Waals surface area contributed by atoms with Gasteiger partial charge in [-0.05, 0) is 11.6 Å². The number of imide groups is 1. The highest BCUT2D eigenvalue weighted by molar-refractivity contribution is 6.31. The van der Waals surface area contributed by atoms with Gasteiger partial charge in [0.25, 0.3) is 5.69 Å². The van der Waals surface area contributed by atoms with Crippen molar-refractivity contribution < 1.29 is 14.5 Å². The summed E-state index contributed by atoms with van der Waals surface area (Å²) < 4.78 is 0. The van der Waals surface area contributed by atoms with Gasteiger partial charge in [0, 0.05) is 30.0 Å². The number of rotatable bonds is 3. The van der Waals surface area contributed by atoms with Crippen LogP contribution in [0.3, 0.4) is 0 Å². The Morgan fingerprint density at radius 1 is 1.28 bits per heavy atom. The maximum Gasteiger partial charge on any atom is 0.269 e. The molecule has 2 amide bonds. The van der Waals surface area contributed by atoms with E-state index in [-0.39, 0.29) is 36.9 Å². The van der Waals surface area contributed by atoms with E-state index in [0.29, 0.717) is 10.6 Å². The number of amides is 2. The summed E-state index contributed by atoms with van der Waals surface area (Å²) in [5.74, 6) is -0.551. The highest BCUT2D eigenvalue weighted by Crippen LogP contribution is 2.25. The molecule has 1 aliphatic rings. The number of non-ortho nitro benzene ring substituents is 1. The first-order valence-corrected chi connectivity index (χ1v) is 5.63. The van der Waals surface area contributed by atoms with Gasteiger partial charge in [0.1, 0.15) is 0 Å². The third-order valence-electron chi connectivity index (χ3n) is 2.72. The Morgan fingerprint density at radius 2 is 1.89 bits per heavy atom. The molecule has 0 atom stereocenters. The van der Waals surface area contributed by atoms with E-state index in [1.807, 2.05) is 0 Å². The van der Waals surface area contributed by atoms with E-state index in [0.717, 1.165) is 4.90 Å². The van der Waals surface area contributed by atoms with Gasteiger partial charge in [0.2, 0.25) is 11.8 Å². The summed E-state index contributed by atoms with van der Waals surface area (Å²) in [6.07, 6.45) is 0.372. The zero-order chi connectivity index (χ0) is 13.3. The van der Waals surface area contributed by atoms with Gasteiger partial charge in [-0.1, -0.05) is 11.6 Å². The molecule has 1 saturated heterocycles. The lowest BCUT2D eigenvalue weighted by Crippen LogP contribution is -2.28. The first-order chi connectivity index (χ1) is 8.49. The Labute approximate surface area is 107 Å². The number of likely N-dealkylation sites (tertiary alicyclic amines) is 1. The molecule has 7 heteroatoms. The molecule has 1 aromatic rings. The first-order valence-electron chi connectivity index (χ1n) is 5.25. The van der Waals surface area contributed by atoms with Gasteiger partial charge < -0.3 is 0 Å². The Balaban J connectivity index is 2.28. The molecule has 94 valence electrons. The van der Waals surface area contributed by atoms with E-state index >= 15 is 0 Å². The molecule has 0 spiro atoms. The van der Waals surface area contributed by atoms with Crippen molar-refractivity contribution in [2.45, 2.75) is 19.4 Å². The number of carbonyl (C=O) groups is 2. The number of nitro groups is 1. The Morgan fingerprint density at radius 3 is 2.44 bits per heavy atom. The summed E-state index contributed by atoms with van der Waals surface area (Å²) in [4.78, 5) is 34.1. The number of nitro benzene ring substituents is 1. The average Bonchev–Trinajstić information content (AvgIpc) is 2.63. The summed E-state index contributed by atoms with van der Waals surface area (Å²) in [6, 6.07) is 3.95. The predicted octanol–water partition coefficient (Wildman–Crippen LogP) is 1.90. The van der Waals surface area contributed by atoms with Crippen molar-refractivity contribution in [1.82, 2.24) is 4.90 Å². The lowest BCUT2D eigenvalue weighted by atomic mass is 10.2. The Hall–Kier alpha value is -1.95. The summed E-state index contributed by atoms with van der Waals surface area (Å²) in [6.45, 7) is -0.0157. The maximum absolute atomic E-state index is 11.4. The van der Waals surface area contributed by atoms with Crippen LogP contribution in [0.5, 0.6) is 0 Å². The number of halogens is 1. The Bertz CT molecular complexity index is 528. The number of hydrogen-bond donors (Lipinski definition) is 0. The second kappa shape index (κ2) is 4.73. The van der Waals surface area contributed by atoms with Gasteiger partial charge in [-0.3, -0.25) is 24.6 Å². The number of carbonyl (C=O) groups excluding carboxylic acids is 2. The molecule has 0 N–H and O–H groups in total. The lowest BCUT2D eigenvalue weighted by molar-refractivity contribution is -0.384. The van der Waals surface area contributed by atoms with E-state index in [1.54, 1.807) is 0 Å². The van der Waals surface area contributed by atoms with Gasteiger partial charge in [-0.2, -0.15) is 0 Å². The Kier molecular flexibility index (Phi) is 3.29. The largest absolute Gasteiger partial charge is 0.278 e. The molecule has 1 heterocycles. The van der Waals surface area contributed by atoms with Crippen LogP contribution in [0, 0.1) is 10.1 Å². The number of hydrogen-bond acceptors (Lipinski definition) is 4. The second-order valence-electron chi connectivity index (χ2n) is 3.91. The topological polar surface area (TPSA) is 80.5 Å². The lowest BCUT2D eigenvalue weighted by Gasteiger charge is -2.14. The molecule has 0 bridgehead atoms. The maximum atomic E-state index is 11.4. The zero-order valence-electron chi connectivity index (χ0n) is 9.26. The normalized spacial score (nSPS) is 15.3. The van der Waals surface area contributed by atoms with Crippen molar-refractivity contribution in [2.24, 2.45) is 0 Å². The summed E-state index contributed by atoms with van der Waals surface area (Å²) in [5.41, 5.74) is 0.281. The molecule has 1 aliphatic heterocycles. The molecular formula is C11H9ClN2O4.